The number of carbonyl (C=O) groups is 1. The second kappa shape index (κ2) is 6.29. The lowest BCUT2D eigenvalue weighted by molar-refractivity contribution is -0.125. The van der Waals surface area contributed by atoms with Crippen molar-refractivity contribution in [3.05, 3.63) is 41.2 Å². The number of nitrogens with one attached hydrogen (secondary N) is 1. The lowest BCUT2D eigenvalue weighted by Crippen LogP contribution is -2.54. The van der Waals surface area contributed by atoms with Gasteiger partial charge in [0.1, 0.15) is 6.33 Å². The Morgan fingerprint density at radius 1 is 1.28 bits per heavy atom. The van der Waals surface area contributed by atoms with E-state index < -0.39 is 0 Å². The first-order chi connectivity index (χ1) is 12.1. The molecule has 1 amide bonds. The number of carbonyl (C=O) groups excluding carboxylic acids is 1. The van der Waals surface area contributed by atoms with Crippen LogP contribution in [0.5, 0.6) is 0 Å². The van der Waals surface area contributed by atoms with E-state index in [-0.39, 0.29) is 11.8 Å². The fourth-order valence-electron chi connectivity index (χ4n) is 2.83. The van der Waals surface area contributed by atoms with E-state index in [2.05, 4.69) is 25.6 Å². The number of benzene rings is 1. The first-order valence-electron chi connectivity index (χ1n) is 7.89. The van der Waals surface area contributed by atoms with Gasteiger partial charge in [0, 0.05) is 31.7 Å². The van der Waals surface area contributed by atoms with E-state index in [0.717, 1.165) is 11.4 Å². The maximum atomic E-state index is 12.3. The average Bonchev–Trinajstić information content (AvgIpc) is 2.95. The molecule has 0 bridgehead atoms. The van der Waals surface area contributed by atoms with Crippen molar-refractivity contribution in [2.24, 2.45) is 13.0 Å². The van der Waals surface area contributed by atoms with Crippen LogP contribution in [0, 0.1) is 5.92 Å². The van der Waals surface area contributed by atoms with Crippen molar-refractivity contribution in [2.45, 2.75) is 6.54 Å². The van der Waals surface area contributed by atoms with Crippen molar-refractivity contribution in [1.29, 1.82) is 0 Å². The summed E-state index contributed by atoms with van der Waals surface area (Å²) in [7, 11) is 1.79. The molecule has 0 saturated carbocycles. The van der Waals surface area contributed by atoms with Gasteiger partial charge < -0.3 is 10.2 Å². The van der Waals surface area contributed by atoms with Crippen molar-refractivity contribution in [3.8, 4) is 0 Å². The maximum absolute atomic E-state index is 12.3. The van der Waals surface area contributed by atoms with Crippen LogP contribution in [-0.2, 0) is 18.4 Å². The summed E-state index contributed by atoms with van der Waals surface area (Å²) in [5.41, 5.74) is 2.36. The van der Waals surface area contributed by atoms with Gasteiger partial charge >= 0.3 is 0 Å². The normalized spacial score (nSPS) is 14.6. The number of aromatic nitrogens is 5. The average molecular weight is 358 g/mol. The molecular formula is C16H16ClN7O. The van der Waals surface area contributed by atoms with Crippen LogP contribution in [0.25, 0.3) is 11.2 Å². The van der Waals surface area contributed by atoms with Crippen molar-refractivity contribution in [2.75, 3.05) is 18.0 Å². The zero-order valence-electron chi connectivity index (χ0n) is 13.6. The zero-order valence-corrected chi connectivity index (χ0v) is 14.3. The summed E-state index contributed by atoms with van der Waals surface area (Å²) in [4.78, 5) is 22.8. The Morgan fingerprint density at radius 3 is 2.80 bits per heavy atom. The molecule has 2 aromatic heterocycles. The lowest BCUT2D eigenvalue weighted by atomic mass is 9.99. The maximum Gasteiger partial charge on any atom is 0.226 e. The van der Waals surface area contributed by atoms with E-state index >= 15 is 0 Å². The molecule has 0 radical (unpaired) electrons. The molecule has 1 aromatic carbocycles. The van der Waals surface area contributed by atoms with E-state index in [4.69, 9.17) is 11.6 Å². The molecule has 1 aliphatic heterocycles. The van der Waals surface area contributed by atoms with Gasteiger partial charge in [-0.05, 0) is 17.7 Å². The van der Waals surface area contributed by atoms with Gasteiger partial charge in [-0.2, -0.15) is 0 Å². The first-order valence-corrected chi connectivity index (χ1v) is 8.27. The second-order valence-corrected chi connectivity index (χ2v) is 6.47. The number of amides is 1. The SMILES string of the molecule is Cn1nnc2c(N3CC(C(=O)NCc4ccc(Cl)cc4)C3)ncnc21. The number of rotatable bonds is 4. The predicted molar refractivity (Wildman–Crippen MR) is 93.1 cm³/mol. The Bertz CT molecular complexity index is 918. The molecule has 0 aliphatic carbocycles. The quantitative estimate of drug-likeness (QED) is 0.754. The molecule has 4 rings (SSSR count). The fourth-order valence-corrected chi connectivity index (χ4v) is 2.95. The van der Waals surface area contributed by atoms with Crippen molar-refractivity contribution < 1.29 is 4.79 Å². The van der Waals surface area contributed by atoms with E-state index in [1.807, 2.05) is 29.2 Å². The third-order valence-electron chi connectivity index (χ3n) is 4.30. The smallest absolute Gasteiger partial charge is 0.226 e. The number of fused-ring (bicyclic) bond motifs is 1. The Hall–Kier alpha value is -2.74. The van der Waals surface area contributed by atoms with Gasteiger partial charge in [-0.3, -0.25) is 4.79 Å². The molecule has 0 atom stereocenters. The minimum Gasteiger partial charge on any atom is -0.353 e. The van der Waals surface area contributed by atoms with Crippen LogP contribution in [0.1, 0.15) is 5.56 Å². The predicted octanol–water partition coefficient (Wildman–Crippen LogP) is 1.16. The monoisotopic (exact) mass is 357 g/mol. The first kappa shape index (κ1) is 15.8. The summed E-state index contributed by atoms with van der Waals surface area (Å²) in [6.45, 7) is 1.71. The molecule has 3 heterocycles. The number of anilines is 1. The van der Waals surface area contributed by atoms with E-state index in [0.29, 0.717) is 35.8 Å². The molecule has 1 fully saturated rings. The molecule has 25 heavy (non-hydrogen) atoms. The Balaban J connectivity index is 1.36. The molecule has 128 valence electrons. The third kappa shape index (κ3) is 3.00. The zero-order chi connectivity index (χ0) is 17.4. The number of halogens is 1. The largest absolute Gasteiger partial charge is 0.353 e. The fraction of sp³-hybridized carbons (Fsp3) is 0.312. The molecule has 8 nitrogen and oxygen atoms in total. The highest BCUT2D eigenvalue weighted by Gasteiger charge is 2.34. The second-order valence-electron chi connectivity index (χ2n) is 6.03. The summed E-state index contributed by atoms with van der Waals surface area (Å²) >= 11 is 5.86. The Morgan fingerprint density at radius 2 is 2.04 bits per heavy atom. The molecular weight excluding hydrogens is 342 g/mol. The van der Waals surface area contributed by atoms with Crippen molar-refractivity contribution >= 4 is 34.5 Å². The van der Waals surface area contributed by atoms with E-state index in [1.165, 1.54) is 6.33 Å². The highest BCUT2D eigenvalue weighted by Crippen LogP contribution is 2.27. The standard InChI is InChI=1S/C16H16ClN7O/c1-23-14-13(21-22-23)15(20-9-19-14)24-7-11(8-24)16(25)18-6-10-2-4-12(17)5-3-10/h2-5,9,11H,6-8H2,1H3,(H,18,25). The number of nitrogens with zero attached hydrogens (tertiary/aromatic N) is 6. The van der Waals surface area contributed by atoms with Crippen molar-refractivity contribution in [1.82, 2.24) is 30.3 Å². The lowest BCUT2D eigenvalue weighted by Gasteiger charge is -2.38. The van der Waals surface area contributed by atoms with Gasteiger partial charge in [-0.1, -0.05) is 28.9 Å². The summed E-state index contributed by atoms with van der Waals surface area (Å²) in [5.74, 6) is 0.699. The number of hydrogen-bond donors (Lipinski definition) is 1. The van der Waals surface area contributed by atoms with Crippen LogP contribution < -0.4 is 10.2 Å². The van der Waals surface area contributed by atoms with Crippen LogP contribution in [0.2, 0.25) is 5.02 Å². The minimum atomic E-state index is -0.0611. The highest BCUT2D eigenvalue weighted by molar-refractivity contribution is 6.30. The van der Waals surface area contributed by atoms with Crippen molar-refractivity contribution in [3.63, 3.8) is 0 Å². The summed E-state index contributed by atoms with van der Waals surface area (Å²) in [6, 6.07) is 7.44. The topological polar surface area (TPSA) is 88.8 Å². The van der Waals surface area contributed by atoms with Gasteiger partial charge in [-0.15, -0.1) is 5.10 Å². The third-order valence-corrected chi connectivity index (χ3v) is 4.55. The number of hydrogen-bond acceptors (Lipinski definition) is 6. The summed E-state index contributed by atoms with van der Waals surface area (Å²) in [6.07, 6.45) is 1.49. The van der Waals surface area contributed by atoms with Crippen LogP contribution in [0.4, 0.5) is 5.82 Å². The molecule has 1 aliphatic rings. The highest BCUT2D eigenvalue weighted by atomic mass is 35.5. The Kier molecular flexibility index (Phi) is 3.96. The van der Waals surface area contributed by atoms with Crippen LogP contribution in [-0.4, -0.2) is 44.0 Å². The van der Waals surface area contributed by atoms with Crippen LogP contribution >= 0.6 is 11.6 Å². The van der Waals surface area contributed by atoms with E-state index in [1.54, 1.807) is 11.7 Å². The summed E-state index contributed by atoms with van der Waals surface area (Å²) < 4.78 is 1.61. The molecule has 3 aromatic rings. The van der Waals surface area contributed by atoms with Crippen LogP contribution in [0.3, 0.4) is 0 Å². The minimum absolute atomic E-state index is 0.0376. The van der Waals surface area contributed by atoms with E-state index in [9.17, 15) is 4.79 Å². The van der Waals surface area contributed by atoms with Gasteiger partial charge in [0.05, 0.1) is 5.92 Å². The summed E-state index contributed by atoms with van der Waals surface area (Å²) in [5, 5.41) is 11.7. The molecule has 1 saturated heterocycles. The van der Waals surface area contributed by atoms with Gasteiger partial charge in [-0.25, -0.2) is 14.6 Å². The molecule has 1 N–H and O–H groups in total. The van der Waals surface area contributed by atoms with Gasteiger partial charge in [0.25, 0.3) is 0 Å². The molecule has 0 spiro atoms. The van der Waals surface area contributed by atoms with Gasteiger partial charge in [0.2, 0.25) is 5.91 Å². The molecule has 0 unspecified atom stereocenters. The van der Waals surface area contributed by atoms with Gasteiger partial charge in [0.15, 0.2) is 17.0 Å². The Labute approximate surface area is 148 Å². The number of aryl methyl sites for hydroxylation is 1. The molecule has 9 heteroatoms. The van der Waals surface area contributed by atoms with Crippen LogP contribution in [0.15, 0.2) is 30.6 Å².